The number of carbonyl (C=O) groups is 2. The summed E-state index contributed by atoms with van der Waals surface area (Å²) < 4.78 is 17.8. The molecule has 1 aromatic carbocycles. The van der Waals surface area contributed by atoms with Crippen molar-refractivity contribution in [2.45, 2.75) is 38.8 Å². The molecule has 24 heavy (non-hydrogen) atoms. The zero-order valence-corrected chi connectivity index (χ0v) is 14.2. The Morgan fingerprint density at radius 3 is 2.54 bits per heavy atom. The van der Waals surface area contributed by atoms with E-state index in [-0.39, 0.29) is 18.3 Å². The van der Waals surface area contributed by atoms with Crippen LogP contribution in [0.5, 0.6) is 0 Å². The monoisotopic (exact) mass is 339 g/mol. The van der Waals surface area contributed by atoms with Crippen LogP contribution in [0.2, 0.25) is 0 Å². The fourth-order valence-corrected chi connectivity index (χ4v) is 2.10. The molecule has 7 heteroatoms. The number of benzene rings is 1. The number of carbonyl (C=O) groups excluding carboxylic acids is 2. The van der Waals surface area contributed by atoms with E-state index in [2.05, 4.69) is 16.0 Å². The summed E-state index contributed by atoms with van der Waals surface area (Å²) in [7, 11) is 1.61. The van der Waals surface area contributed by atoms with Crippen LogP contribution < -0.4 is 16.0 Å². The molecule has 1 rings (SSSR count). The lowest BCUT2D eigenvalue weighted by atomic mass is 10.1. The second-order valence-corrected chi connectivity index (χ2v) is 5.43. The zero-order valence-electron chi connectivity index (χ0n) is 14.2. The Hall–Kier alpha value is -2.15. The van der Waals surface area contributed by atoms with Gasteiger partial charge in [-0.2, -0.15) is 0 Å². The molecule has 1 unspecified atom stereocenters. The van der Waals surface area contributed by atoms with E-state index in [1.807, 2.05) is 6.92 Å². The van der Waals surface area contributed by atoms with E-state index in [0.29, 0.717) is 19.6 Å². The predicted molar refractivity (Wildman–Crippen MR) is 90.0 cm³/mol. The van der Waals surface area contributed by atoms with Crippen molar-refractivity contribution in [2.24, 2.45) is 0 Å². The zero-order chi connectivity index (χ0) is 17.8. The van der Waals surface area contributed by atoms with Gasteiger partial charge in [-0.15, -0.1) is 0 Å². The SMILES string of the molecule is CCCC(NC(=O)NCc1ccc(F)cc1)C(=O)NCCCOC. The maximum atomic E-state index is 12.8. The number of hydrogen-bond donors (Lipinski definition) is 3. The number of nitrogens with one attached hydrogen (secondary N) is 3. The standard InChI is InChI=1S/C17H26FN3O3/c1-3-5-15(16(22)19-10-4-11-24-2)21-17(23)20-12-13-6-8-14(18)9-7-13/h6-9,15H,3-5,10-12H2,1-2H3,(H,19,22)(H2,20,21,23). The molecule has 0 aliphatic heterocycles. The smallest absolute Gasteiger partial charge is 0.315 e. The summed E-state index contributed by atoms with van der Waals surface area (Å²) in [6, 6.07) is 4.86. The molecule has 0 saturated carbocycles. The molecule has 1 atom stereocenters. The largest absolute Gasteiger partial charge is 0.385 e. The van der Waals surface area contributed by atoms with Gasteiger partial charge in [0.15, 0.2) is 0 Å². The molecule has 0 radical (unpaired) electrons. The van der Waals surface area contributed by atoms with Crippen molar-refractivity contribution in [2.75, 3.05) is 20.3 Å². The highest BCUT2D eigenvalue weighted by atomic mass is 19.1. The predicted octanol–water partition coefficient (Wildman–Crippen LogP) is 1.95. The Kier molecular flexibility index (Phi) is 9.45. The average Bonchev–Trinajstić information content (AvgIpc) is 2.57. The molecule has 0 bridgehead atoms. The molecule has 0 spiro atoms. The van der Waals surface area contributed by atoms with Crippen molar-refractivity contribution >= 4 is 11.9 Å². The summed E-state index contributed by atoms with van der Waals surface area (Å²) in [6.07, 6.45) is 2.05. The van der Waals surface area contributed by atoms with Crippen molar-refractivity contribution in [1.82, 2.24) is 16.0 Å². The van der Waals surface area contributed by atoms with Crippen LogP contribution >= 0.6 is 0 Å². The Bertz CT molecular complexity index is 508. The van der Waals surface area contributed by atoms with Gasteiger partial charge in [-0.1, -0.05) is 25.5 Å². The van der Waals surface area contributed by atoms with Gasteiger partial charge >= 0.3 is 6.03 Å². The lowest BCUT2D eigenvalue weighted by molar-refractivity contribution is -0.123. The molecule has 1 aromatic rings. The van der Waals surface area contributed by atoms with Crippen molar-refractivity contribution in [3.05, 3.63) is 35.6 Å². The molecule has 0 aliphatic carbocycles. The highest BCUT2D eigenvalue weighted by molar-refractivity contribution is 5.86. The summed E-state index contributed by atoms with van der Waals surface area (Å²) in [5.41, 5.74) is 0.780. The van der Waals surface area contributed by atoms with Gasteiger partial charge in [0.2, 0.25) is 5.91 Å². The van der Waals surface area contributed by atoms with Gasteiger partial charge in [0.25, 0.3) is 0 Å². The van der Waals surface area contributed by atoms with Crippen molar-refractivity contribution < 1.29 is 18.7 Å². The molecule has 0 saturated heterocycles. The van der Waals surface area contributed by atoms with Gasteiger partial charge in [0.1, 0.15) is 11.9 Å². The fourth-order valence-electron chi connectivity index (χ4n) is 2.10. The third-order valence-electron chi connectivity index (χ3n) is 3.39. The quantitative estimate of drug-likeness (QED) is 0.570. The number of ether oxygens (including phenoxy) is 1. The second-order valence-electron chi connectivity index (χ2n) is 5.43. The first-order chi connectivity index (χ1) is 11.6. The van der Waals surface area contributed by atoms with E-state index >= 15 is 0 Å². The van der Waals surface area contributed by atoms with E-state index in [0.717, 1.165) is 18.4 Å². The molecule has 0 heterocycles. The van der Waals surface area contributed by atoms with Crippen LogP contribution in [0, 0.1) is 5.82 Å². The number of rotatable bonds is 10. The fraction of sp³-hybridized carbons (Fsp3) is 0.529. The van der Waals surface area contributed by atoms with Gasteiger partial charge in [-0.25, -0.2) is 9.18 Å². The van der Waals surface area contributed by atoms with Crippen LogP contribution in [-0.2, 0) is 16.1 Å². The summed E-state index contributed by atoms with van der Waals surface area (Å²) in [5, 5.41) is 8.12. The van der Waals surface area contributed by atoms with E-state index in [9.17, 15) is 14.0 Å². The maximum Gasteiger partial charge on any atom is 0.315 e. The van der Waals surface area contributed by atoms with Crippen LogP contribution in [0.1, 0.15) is 31.7 Å². The Labute approximate surface area is 142 Å². The normalized spacial score (nSPS) is 11.6. The van der Waals surface area contributed by atoms with Crippen LogP contribution in [0.3, 0.4) is 0 Å². The lowest BCUT2D eigenvalue weighted by Gasteiger charge is -2.18. The van der Waals surface area contributed by atoms with E-state index in [1.54, 1.807) is 19.2 Å². The molecule has 6 nitrogen and oxygen atoms in total. The van der Waals surface area contributed by atoms with Gasteiger partial charge in [-0.3, -0.25) is 4.79 Å². The van der Waals surface area contributed by atoms with E-state index in [1.165, 1.54) is 12.1 Å². The van der Waals surface area contributed by atoms with Gasteiger partial charge in [0.05, 0.1) is 0 Å². The first-order valence-electron chi connectivity index (χ1n) is 8.12. The highest BCUT2D eigenvalue weighted by Crippen LogP contribution is 2.02. The first-order valence-corrected chi connectivity index (χ1v) is 8.12. The Balaban J connectivity index is 2.40. The number of urea groups is 1. The van der Waals surface area contributed by atoms with Gasteiger partial charge in [0, 0.05) is 26.8 Å². The maximum absolute atomic E-state index is 12.8. The molecule has 3 amide bonds. The minimum Gasteiger partial charge on any atom is -0.385 e. The Morgan fingerprint density at radius 1 is 1.21 bits per heavy atom. The van der Waals surface area contributed by atoms with E-state index in [4.69, 9.17) is 4.74 Å². The van der Waals surface area contributed by atoms with Gasteiger partial charge in [-0.05, 0) is 30.5 Å². The molecule has 0 fully saturated rings. The number of hydrogen-bond acceptors (Lipinski definition) is 3. The van der Waals surface area contributed by atoms with E-state index < -0.39 is 12.1 Å². The summed E-state index contributed by atoms with van der Waals surface area (Å²) in [6.45, 7) is 3.29. The van der Waals surface area contributed by atoms with Crippen molar-refractivity contribution in [3.63, 3.8) is 0 Å². The molecule has 0 aromatic heterocycles. The third kappa shape index (κ3) is 7.92. The lowest BCUT2D eigenvalue weighted by Crippen LogP contribution is -2.50. The third-order valence-corrected chi connectivity index (χ3v) is 3.39. The summed E-state index contributed by atoms with van der Waals surface area (Å²) in [5.74, 6) is -0.527. The van der Waals surface area contributed by atoms with Gasteiger partial charge < -0.3 is 20.7 Å². The molecule has 3 N–H and O–H groups in total. The number of halogens is 1. The van der Waals surface area contributed by atoms with Crippen LogP contribution in [0.4, 0.5) is 9.18 Å². The molecular weight excluding hydrogens is 313 g/mol. The van der Waals surface area contributed by atoms with Crippen LogP contribution in [0.15, 0.2) is 24.3 Å². The molecule has 134 valence electrons. The molecule has 0 aliphatic rings. The van der Waals surface area contributed by atoms with Crippen molar-refractivity contribution in [3.8, 4) is 0 Å². The number of methoxy groups -OCH3 is 1. The summed E-state index contributed by atoms with van der Waals surface area (Å²) in [4.78, 5) is 24.1. The highest BCUT2D eigenvalue weighted by Gasteiger charge is 2.19. The van der Waals surface area contributed by atoms with Crippen LogP contribution in [0.25, 0.3) is 0 Å². The Morgan fingerprint density at radius 2 is 1.92 bits per heavy atom. The first kappa shape index (κ1) is 19.9. The minimum atomic E-state index is -0.578. The summed E-state index contributed by atoms with van der Waals surface area (Å²) >= 11 is 0. The average molecular weight is 339 g/mol. The second kappa shape index (κ2) is 11.4. The topological polar surface area (TPSA) is 79.5 Å². The van der Waals surface area contributed by atoms with Crippen LogP contribution in [-0.4, -0.2) is 38.2 Å². The molecular formula is C17H26FN3O3. The van der Waals surface area contributed by atoms with Crippen molar-refractivity contribution in [1.29, 1.82) is 0 Å². The minimum absolute atomic E-state index is 0.204. The number of amides is 3.